The molecule has 20 heavy (non-hydrogen) atoms. The number of ether oxygens (including phenoxy) is 1. The van der Waals surface area contributed by atoms with Crippen LogP contribution in [0.15, 0.2) is 0 Å². The molecule has 0 aromatic rings. The first-order valence-electron chi connectivity index (χ1n) is 8.39. The molecule has 1 aliphatic carbocycles. The summed E-state index contributed by atoms with van der Waals surface area (Å²) in [6.45, 7) is 5.89. The molecule has 3 rings (SSSR count). The number of hydrogen-bond donors (Lipinski definition) is 1. The van der Waals surface area contributed by atoms with Gasteiger partial charge in [0.1, 0.15) is 0 Å². The largest absolute Gasteiger partial charge is 0.375 e. The van der Waals surface area contributed by atoms with Crippen LogP contribution in [0.4, 0.5) is 0 Å². The summed E-state index contributed by atoms with van der Waals surface area (Å²) in [6, 6.07) is 0. The highest BCUT2D eigenvalue weighted by atomic mass is 16.5. The number of piperidine rings is 1. The fourth-order valence-electron chi connectivity index (χ4n) is 3.66. The Labute approximate surface area is 122 Å². The Morgan fingerprint density at radius 1 is 1.10 bits per heavy atom. The summed E-state index contributed by atoms with van der Waals surface area (Å²) >= 11 is 0. The molecule has 3 aliphatic rings. The van der Waals surface area contributed by atoms with Gasteiger partial charge in [-0.25, -0.2) is 0 Å². The minimum atomic E-state index is 0.184. The summed E-state index contributed by atoms with van der Waals surface area (Å²) in [6.07, 6.45) is 8.08. The van der Waals surface area contributed by atoms with Crippen LogP contribution < -0.4 is 5.32 Å². The Kier molecular flexibility index (Phi) is 4.61. The van der Waals surface area contributed by atoms with E-state index < -0.39 is 0 Å². The van der Waals surface area contributed by atoms with Crippen LogP contribution in [0.5, 0.6) is 0 Å². The number of hydrogen-bond acceptors (Lipinski definition) is 3. The topological polar surface area (TPSA) is 41.6 Å². The lowest BCUT2D eigenvalue weighted by atomic mass is 9.87. The molecule has 0 spiro atoms. The summed E-state index contributed by atoms with van der Waals surface area (Å²) in [4.78, 5) is 14.5. The number of rotatable bonds is 4. The van der Waals surface area contributed by atoms with Crippen LogP contribution in [-0.2, 0) is 9.53 Å². The van der Waals surface area contributed by atoms with Crippen molar-refractivity contribution in [2.75, 3.05) is 26.2 Å². The standard InChI is InChI=1S/C16H28N2O2/c1-12(13-10-17-11-13)16(19)18-8-6-15(7-9-18)20-14-4-2-3-5-14/h12-15,17H,2-11H2,1H3. The first kappa shape index (κ1) is 14.3. The van der Waals surface area contributed by atoms with Crippen molar-refractivity contribution < 1.29 is 9.53 Å². The Hall–Kier alpha value is -0.610. The molecule has 2 saturated heterocycles. The van der Waals surface area contributed by atoms with E-state index >= 15 is 0 Å². The monoisotopic (exact) mass is 280 g/mol. The highest BCUT2D eigenvalue weighted by molar-refractivity contribution is 5.79. The summed E-state index contributed by atoms with van der Waals surface area (Å²) in [5, 5.41) is 3.26. The van der Waals surface area contributed by atoms with Gasteiger partial charge in [0.25, 0.3) is 0 Å². The Bertz CT molecular complexity index is 329. The highest BCUT2D eigenvalue weighted by Gasteiger charge is 2.33. The van der Waals surface area contributed by atoms with Crippen molar-refractivity contribution in [3.8, 4) is 0 Å². The fourth-order valence-corrected chi connectivity index (χ4v) is 3.66. The van der Waals surface area contributed by atoms with E-state index in [0.717, 1.165) is 39.0 Å². The maximum atomic E-state index is 12.4. The Morgan fingerprint density at radius 3 is 2.25 bits per heavy atom. The number of nitrogens with one attached hydrogen (secondary N) is 1. The smallest absolute Gasteiger partial charge is 0.225 e. The zero-order valence-electron chi connectivity index (χ0n) is 12.6. The lowest BCUT2D eigenvalue weighted by Crippen LogP contribution is -2.52. The molecular weight excluding hydrogens is 252 g/mol. The van der Waals surface area contributed by atoms with Crippen molar-refractivity contribution in [3.05, 3.63) is 0 Å². The third kappa shape index (κ3) is 3.17. The second-order valence-corrected chi connectivity index (χ2v) is 6.77. The molecule has 114 valence electrons. The second kappa shape index (κ2) is 6.44. The van der Waals surface area contributed by atoms with E-state index in [0.29, 0.717) is 24.0 Å². The Balaban J connectivity index is 1.41. The molecule has 2 heterocycles. The lowest BCUT2D eigenvalue weighted by Gasteiger charge is -2.38. The van der Waals surface area contributed by atoms with E-state index in [9.17, 15) is 4.79 Å². The molecule has 4 heteroatoms. The van der Waals surface area contributed by atoms with Gasteiger partial charge in [0, 0.05) is 19.0 Å². The quantitative estimate of drug-likeness (QED) is 0.853. The van der Waals surface area contributed by atoms with E-state index in [1.54, 1.807) is 0 Å². The molecule has 0 bridgehead atoms. The summed E-state index contributed by atoms with van der Waals surface area (Å²) in [7, 11) is 0. The third-order valence-electron chi connectivity index (χ3n) is 5.35. The average Bonchev–Trinajstić information content (AvgIpc) is 2.89. The van der Waals surface area contributed by atoms with Gasteiger partial charge in [-0.15, -0.1) is 0 Å². The van der Waals surface area contributed by atoms with Crippen LogP contribution >= 0.6 is 0 Å². The van der Waals surface area contributed by atoms with E-state index in [1.807, 2.05) is 0 Å². The van der Waals surface area contributed by atoms with E-state index in [2.05, 4.69) is 17.1 Å². The van der Waals surface area contributed by atoms with Gasteiger partial charge in [0.15, 0.2) is 0 Å². The van der Waals surface area contributed by atoms with Gasteiger partial charge < -0.3 is 15.0 Å². The molecular formula is C16H28N2O2. The number of carbonyl (C=O) groups excluding carboxylic acids is 1. The first-order chi connectivity index (χ1) is 9.74. The maximum absolute atomic E-state index is 12.4. The second-order valence-electron chi connectivity index (χ2n) is 6.77. The van der Waals surface area contributed by atoms with Crippen LogP contribution in [0.2, 0.25) is 0 Å². The lowest BCUT2D eigenvalue weighted by molar-refractivity contribution is -0.140. The molecule has 0 radical (unpaired) electrons. The molecule has 0 aromatic heterocycles. The minimum absolute atomic E-state index is 0.184. The average molecular weight is 280 g/mol. The summed E-state index contributed by atoms with van der Waals surface area (Å²) in [5.41, 5.74) is 0. The van der Waals surface area contributed by atoms with Gasteiger partial charge in [-0.3, -0.25) is 4.79 Å². The van der Waals surface area contributed by atoms with Crippen molar-refractivity contribution in [3.63, 3.8) is 0 Å². The predicted molar refractivity (Wildman–Crippen MR) is 78.5 cm³/mol. The molecule has 4 nitrogen and oxygen atoms in total. The summed E-state index contributed by atoms with van der Waals surface area (Å²) < 4.78 is 6.17. The van der Waals surface area contributed by atoms with Gasteiger partial charge >= 0.3 is 0 Å². The molecule has 2 aliphatic heterocycles. The maximum Gasteiger partial charge on any atom is 0.225 e. The Morgan fingerprint density at radius 2 is 1.70 bits per heavy atom. The fraction of sp³-hybridized carbons (Fsp3) is 0.938. The number of likely N-dealkylation sites (tertiary alicyclic amines) is 1. The summed E-state index contributed by atoms with van der Waals surface area (Å²) in [5.74, 6) is 1.09. The zero-order chi connectivity index (χ0) is 13.9. The van der Waals surface area contributed by atoms with Gasteiger partial charge in [-0.1, -0.05) is 19.8 Å². The molecule has 1 atom stereocenters. The van der Waals surface area contributed by atoms with Crippen LogP contribution in [0, 0.1) is 11.8 Å². The van der Waals surface area contributed by atoms with E-state index in [1.165, 1.54) is 25.7 Å². The van der Waals surface area contributed by atoms with Gasteiger partial charge in [0.05, 0.1) is 12.2 Å². The van der Waals surface area contributed by atoms with Crippen molar-refractivity contribution in [2.45, 2.75) is 57.7 Å². The number of amides is 1. The van der Waals surface area contributed by atoms with Crippen molar-refractivity contribution >= 4 is 5.91 Å². The van der Waals surface area contributed by atoms with Crippen molar-refractivity contribution in [1.29, 1.82) is 0 Å². The van der Waals surface area contributed by atoms with Crippen molar-refractivity contribution in [1.82, 2.24) is 10.2 Å². The third-order valence-corrected chi connectivity index (χ3v) is 5.35. The van der Waals surface area contributed by atoms with E-state index in [-0.39, 0.29) is 5.92 Å². The molecule has 0 aromatic carbocycles. The van der Waals surface area contributed by atoms with Gasteiger partial charge in [-0.05, 0) is 44.7 Å². The molecule has 1 saturated carbocycles. The van der Waals surface area contributed by atoms with Crippen molar-refractivity contribution in [2.24, 2.45) is 11.8 Å². The minimum Gasteiger partial charge on any atom is -0.375 e. The van der Waals surface area contributed by atoms with Crippen LogP contribution in [0.3, 0.4) is 0 Å². The number of nitrogens with zero attached hydrogens (tertiary/aromatic N) is 1. The number of carbonyl (C=O) groups is 1. The SMILES string of the molecule is CC(C(=O)N1CCC(OC2CCCC2)CC1)C1CNC1. The molecule has 1 N–H and O–H groups in total. The van der Waals surface area contributed by atoms with Crippen LogP contribution in [0.25, 0.3) is 0 Å². The van der Waals surface area contributed by atoms with Crippen LogP contribution in [0.1, 0.15) is 45.4 Å². The molecule has 3 fully saturated rings. The van der Waals surface area contributed by atoms with E-state index in [4.69, 9.17) is 4.74 Å². The normalized spacial score (nSPS) is 27.6. The highest BCUT2D eigenvalue weighted by Crippen LogP contribution is 2.26. The zero-order valence-corrected chi connectivity index (χ0v) is 12.6. The first-order valence-corrected chi connectivity index (χ1v) is 8.39. The molecule has 1 amide bonds. The molecule has 1 unspecified atom stereocenters. The van der Waals surface area contributed by atoms with Gasteiger partial charge in [0.2, 0.25) is 5.91 Å². The van der Waals surface area contributed by atoms with Gasteiger partial charge in [-0.2, -0.15) is 0 Å². The van der Waals surface area contributed by atoms with Crippen LogP contribution in [-0.4, -0.2) is 49.2 Å². The predicted octanol–water partition coefficient (Wildman–Crippen LogP) is 1.79.